The van der Waals surface area contributed by atoms with Crippen LogP contribution in [0.1, 0.15) is 33.9 Å². The zero-order valence-electron chi connectivity index (χ0n) is 12.8. The fourth-order valence-electron chi connectivity index (χ4n) is 2.68. The number of thioether (sulfide) groups is 1. The van der Waals surface area contributed by atoms with Gasteiger partial charge in [0.05, 0.1) is 12.6 Å². The van der Waals surface area contributed by atoms with Gasteiger partial charge in [0.15, 0.2) is 0 Å². The van der Waals surface area contributed by atoms with E-state index in [2.05, 4.69) is 27.5 Å². The van der Waals surface area contributed by atoms with Crippen LogP contribution in [0.25, 0.3) is 0 Å². The number of fused-ring (bicyclic) bond motifs is 1. The summed E-state index contributed by atoms with van der Waals surface area (Å²) in [6.07, 6.45) is 2.85. The number of amides is 1. The molecule has 1 aliphatic rings. The highest BCUT2D eigenvalue weighted by molar-refractivity contribution is 9.10. The molecule has 3 nitrogen and oxygen atoms in total. The number of hydrogen-bond donors (Lipinski definition) is 1. The van der Waals surface area contributed by atoms with Gasteiger partial charge >= 0.3 is 0 Å². The minimum atomic E-state index is -0.0430. The molecule has 0 saturated heterocycles. The number of hydrogen-bond acceptors (Lipinski definition) is 3. The number of rotatable bonds is 4. The van der Waals surface area contributed by atoms with Crippen molar-refractivity contribution in [2.45, 2.75) is 18.2 Å². The van der Waals surface area contributed by atoms with E-state index in [1.807, 2.05) is 42.5 Å². The predicted molar refractivity (Wildman–Crippen MR) is 98.1 cm³/mol. The Balaban J connectivity index is 1.75. The SMILES string of the molecule is CSCc1ccc(C(=O)NC2CCOc3ccc(Br)cc32)cc1. The van der Waals surface area contributed by atoms with Crippen LogP contribution in [0.5, 0.6) is 5.75 Å². The van der Waals surface area contributed by atoms with Crippen LogP contribution in [0.15, 0.2) is 46.9 Å². The van der Waals surface area contributed by atoms with E-state index in [0.717, 1.165) is 28.0 Å². The molecule has 5 heteroatoms. The first kappa shape index (κ1) is 16.4. The van der Waals surface area contributed by atoms with E-state index in [-0.39, 0.29) is 11.9 Å². The molecule has 2 aromatic rings. The number of carbonyl (C=O) groups excluding carboxylic acids is 1. The van der Waals surface area contributed by atoms with Crippen molar-refractivity contribution in [3.63, 3.8) is 0 Å². The van der Waals surface area contributed by atoms with Crippen LogP contribution in [0.2, 0.25) is 0 Å². The Morgan fingerprint density at radius 1 is 1.30 bits per heavy atom. The van der Waals surface area contributed by atoms with E-state index in [1.165, 1.54) is 5.56 Å². The minimum Gasteiger partial charge on any atom is -0.493 e. The highest BCUT2D eigenvalue weighted by Crippen LogP contribution is 2.34. The normalized spacial score (nSPS) is 16.3. The lowest BCUT2D eigenvalue weighted by molar-refractivity contribution is 0.0925. The summed E-state index contributed by atoms with van der Waals surface area (Å²) in [6, 6.07) is 13.7. The van der Waals surface area contributed by atoms with Gasteiger partial charge in [-0.15, -0.1) is 0 Å². The molecular formula is C18H18BrNO2S. The zero-order chi connectivity index (χ0) is 16.2. The van der Waals surface area contributed by atoms with Crippen molar-refractivity contribution in [2.75, 3.05) is 12.9 Å². The van der Waals surface area contributed by atoms with Crippen molar-refractivity contribution in [2.24, 2.45) is 0 Å². The molecule has 1 amide bonds. The molecule has 1 unspecified atom stereocenters. The summed E-state index contributed by atoms with van der Waals surface area (Å²) in [6.45, 7) is 0.617. The number of ether oxygens (including phenoxy) is 1. The third kappa shape index (κ3) is 3.90. The van der Waals surface area contributed by atoms with Gasteiger partial charge in [0, 0.05) is 27.8 Å². The maximum atomic E-state index is 12.5. The lowest BCUT2D eigenvalue weighted by Gasteiger charge is -2.27. The summed E-state index contributed by atoms with van der Waals surface area (Å²) in [5.41, 5.74) is 2.95. The van der Waals surface area contributed by atoms with E-state index < -0.39 is 0 Å². The van der Waals surface area contributed by atoms with E-state index in [0.29, 0.717) is 12.2 Å². The van der Waals surface area contributed by atoms with E-state index >= 15 is 0 Å². The second-order valence-corrected chi connectivity index (χ2v) is 7.26. The maximum absolute atomic E-state index is 12.5. The summed E-state index contributed by atoms with van der Waals surface area (Å²) in [4.78, 5) is 12.5. The molecule has 2 aromatic carbocycles. The first-order valence-electron chi connectivity index (χ1n) is 7.48. The number of nitrogens with one attached hydrogen (secondary N) is 1. The quantitative estimate of drug-likeness (QED) is 0.829. The second kappa shape index (κ2) is 7.41. The highest BCUT2D eigenvalue weighted by Gasteiger charge is 2.23. The molecule has 3 rings (SSSR count). The van der Waals surface area contributed by atoms with Crippen LogP contribution in [-0.4, -0.2) is 18.8 Å². The van der Waals surface area contributed by atoms with Gasteiger partial charge in [0.1, 0.15) is 5.75 Å². The Bertz CT molecular complexity index is 703. The van der Waals surface area contributed by atoms with Crippen LogP contribution in [0, 0.1) is 0 Å². The summed E-state index contributed by atoms with van der Waals surface area (Å²) < 4.78 is 6.65. The van der Waals surface area contributed by atoms with Gasteiger partial charge < -0.3 is 10.1 Å². The van der Waals surface area contributed by atoms with Gasteiger partial charge in [0.25, 0.3) is 5.91 Å². The fraction of sp³-hybridized carbons (Fsp3) is 0.278. The third-order valence-corrected chi connectivity index (χ3v) is 4.96. The molecule has 1 atom stereocenters. The molecule has 0 aromatic heterocycles. The Morgan fingerprint density at radius 2 is 2.09 bits per heavy atom. The monoisotopic (exact) mass is 391 g/mol. The van der Waals surface area contributed by atoms with Gasteiger partial charge in [-0.2, -0.15) is 11.8 Å². The molecule has 0 bridgehead atoms. The van der Waals surface area contributed by atoms with Crippen LogP contribution in [0.4, 0.5) is 0 Å². The van der Waals surface area contributed by atoms with Crippen molar-refractivity contribution in [1.82, 2.24) is 5.32 Å². The van der Waals surface area contributed by atoms with Crippen LogP contribution in [-0.2, 0) is 5.75 Å². The number of benzene rings is 2. The molecule has 0 fully saturated rings. The van der Waals surface area contributed by atoms with Crippen molar-refractivity contribution in [1.29, 1.82) is 0 Å². The number of halogens is 1. The smallest absolute Gasteiger partial charge is 0.251 e. The van der Waals surface area contributed by atoms with E-state index in [1.54, 1.807) is 11.8 Å². The van der Waals surface area contributed by atoms with Crippen molar-refractivity contribution in [3.8, 4) is 5.75 Å². The molecule has 1 aliphatic heterocycles. The summed E-state index contributed by atoms with van der Waals surface area (Å²) in [7, 11) is 0. The minimum absolute atomic E-state index is 0.0189. The Hall–Kier alpha value is -1.46. The van der Waals surface area contributed by atoms with Gasteiger partial charge in [-0.05, 0) is 42.2 Å². The van der Waals surface area contributed by atoms with Crippen LogP contribution >= 0.6 is 27.7 Å². The van der Waals surface area contributed by atoms with Crippen molar-refractivity contribution >= 4 is 33.6 Å². The first-order chi connectivity index (χ1) is 11.2. The standard InChI is InChI=1S/C18H18BrNO2S/c1-23-11-12-2-4-13(5-3-12)18(21)20-16-8-9-22-17-7-6-14(19)10-15(16)17/h2-7,10,16H,8-9,11H2,1H3,(H,20,21). The Kier molecular flexibility index (Phi) is 5.28. The first-order valence-corrected chi connectivity index (χ1v) is 9.67. The molecule has 0 spiro atoms. The maximum Gasteiger partial charge on any atom is 0.251 e. The average molecular weight is 392 g/mol. The van der Waals surface area contributed by atoms with E-state index in [9.17, 15) is 4.79 Å². The van der Waals surface area contributed by atoms with Gasteiger partial charge in [-0.3, -0.25) is 4.79 Å². The molecule has 1 heterocycles. The highest BCUT2D eigenvalue weighted by atomic mass is 79.9. The zero-order valence-corrected chi connectivity index (χ0v) is 15.2. The van der Waals surface area contributed by atoms with Gasteiger partial charge in [-0.1, -0.05) is 28.1 Å². The average Bonchev–Trinajstić information content (AvgIpc) is 2.56. The predicted octanol–water partition coefficient (Wildman–Crippen LogP) is 4.57. The fourth-order valence-corrected chi connectivity index (χ4v) is 3.58. The molecule has 0 saturated carbocycles. The third-order valence-electron chi connectivity index (χ3n) is 3.84. The number of carbonyl (C=O) groups is 1. The van der Waals surface area contributed by atoms with Crippen LogP contribution in [0.3, 0.4) is 0 Å². The summed E-state index contributed by atoms with van der Waals surface area (Å²) in [5.74, 6) is 1.77. The van der Waals surface area contributed by atoms with Gasteiger partial charge in [0.2, 0.25) is 0 Å². The molecule has 0 aliphatic carbocycles. The molecule has 1 N–H and O–H groups in total. The van der Waals surface area contributed by atoms with Crippen molar-refractivity contribution < 1.29 is 9.53 Å². The summed E-state index contributed by atoms with van der Waals surface area (Å²) in [5, 5.41) is 3.13. The van der Waals surface area contributed by atoms with Crippen molar-refractivity contribution in [3.05, 3.63) is 63.6 Å². The lowest BCUT2D eigenvalue weighted by atomic mass is 10.00. The van der Waals surface area contributed by atoms with E-state index in [4.69, 9.17) is 4.74 Å². The Morgan fingerprint density at radius 3 is 2.83 bits per heavy atom. The Labute approximate surface area is 148 Å². The lowest BCUT2D eigenvalue weighted by Crippen LogP contribution is -2.32. The van der Waals surface area contributed by atoms with Gasteiger partial charge in [-0.25, -0.2) is 0 Å². The van der Waals surface area contributed by atoms with Crippen LogP contribution < -0.4 is 10.1 Å². The molecule has 23 heavy (non-hydrogen) atoms. The largest absolute Gasteiger partial charge is 0.493 e. The molecule has 120 valence electrons. The molecular weight excluding hydrogens is 374 g/mol. The second-order valence-electron chi connectivity index (χ2n) is 5.48. The molecule has 0 radical (unpaired) electrons. The topological polar surface area (TPSA) is 38.3 Å². The summed E-state index contributed by atoms with van der Waals surface area (Å²) >= 11 is 5.25.